The van der Waals surface area contributed by atoms with Crippen LogP contribution in [0.25, 0.3) is 0 Å². The fourth-order valence-corrected chi connectivity index (χ4v) is 1.65. The molecule has 0 amide bonds. The molecule has 0 unspecified atom stereocenters. The second-order valence-corrected chi connectivity index (χ2v) is 4.13. The molecule has 0 spiro atoms. The highest BCUT2D eigenvalue weighted by Gasteiger charge is 2.02. The van der Waals surface area contributed by atoms with Crippen LogP contribution in [0.15, 0.2) is 24.5 Å². The number of benzene rings is 1. The van der Waals surface area contributed by atoms with E-state index in [1.165, 1.54) is 0 Å². The molecule has 0 fully saturated rings. The molecule has 0 aliphatic heterocycles. The van der Waals surface area contributed by atoms with Gasteiger partial charge in [-0.15, -0.1) is 0 Å². The molecule has 0 saturated carbocycles. The van der Waals surface area contributed by atoms with Crippen LogP contribution in [0.3, 0.4) is 0 Å². The minimum atomic E-state index is 0.342. The van der Waals surface area contributed by atoms with Crippen LogP contribution in [0.2, 0.25) is 10.0 Å². The average molecular weight is 257 g/mol. The molecule has 1 aromatic heterocycles. The molecule has 84 valence electrons. The highest BCUT2D eigenvalue weighted by atomic mass is 35.5. The summed E-state index contributed by atoms with van der Waals surface area (Å²) in [4.78, 5) is 4.04. The van der Waals surface area contributed by atoms with E-state index >= 15 is 0 Å². The Morgan fingerprint density at radius 2 is 2.06 bits per heavy atom. The van der Waals surface area contributed by atoms with Gasteiger partial charge in [-0.05, 0) is 17.7 Å². The van der Waals surface area contributed by atoms with E-state index in [-0.39, 0.29) is 0 Å². The first-order chi connectivity index (χ1) is 7.69. The van der Waals surface area contributed by atoms with E-state index in [0.717, 1.165) is 5.56 Å². The van der Waals surface area contributed by atoms with Crippen LogP contribution in [-0.2, 0) is 13.1 Å². The summed E-state index contributed by atoms with van der Waals surface area (Å²) >= 11 is 11.7. The van der Waals surface area contributed by atoms with Crippen LogP contribution >= 0.6 is 23.2 Å². The largest absolute Gasteiger partial charge is 0.324 e. The molecule has 0 atom stereocenters. The quantitative estimate of drug-likeness (QED) is 0.915. The molecule has 6 heteroatoms. The van der Waals surface area contributed by atoms with Crippen molar-refractivity contribution in [2.75, 3.05) is 0 Å². The molecule has 2 N–H and O–H groups in total. The van der Waals surface area contributed by atoms with Crippen LogP contribution in [0, 0.1) is 0 Å². The van der Waals surface area contributed by atoms with E-state index in [9.17, 15) is 0 Å². The number of hydrogen-bond donors (Lipinski definition) is 1. The van der Waals surface area contributed by atoms with E-state index in [0.29, 0.717) is 29.0 Å². The monoisotopic (exact) mass is 256 g/mol. The maximum absolute atomic E-state index is 5.92. The summed E-state index contributed by atoms with van der Waals surface area (Å²) in [6.45, 7) is 0.943. The number of hydrogen-bond acceptors (Lipinski definition) is 3. The summed E-state index contributed by atoms with van der Waals surface area (Å²) < 4.78 is 1.71. The van der Waals surface area contributed by atoms with Gasteiger partial charge in [-0.25, -0.2) is 9.67 Å². The maximum Gasteiger partial charge on any atom is 0.164 e. The Morgan fingerprint density at radius 1 is 1.25 bits per heavy atom. The summed E-state index contributed by atoms with van der Waals surface area (Å²) in [6, 6.07) is 5.48. The Morgan fingerprint density at radius 3 is 2.69 bits per heavy atom. The van der Waals surface area contributed by atoms with Crippen molar-refractivity contribution in [3.05, 3.63) is 46.0 Å². The summed E-state index contributed by atoms with van der Waals surface area (Å²) in [7, 11) is 0. The van der Waals surface area contributed by atoms with Crippen LogP contribution in [-0.4, -0.2) is 14.8 Å². The fourth-order valence-electron chi connectivity index (χ4n) is 1.33. The number of halogens is 2. The van der Waals surface area contributed by atoms with Gasteiger partial charge >= 0.3 is 0 Å². The lowest BCUT2D eigenvalue weighted by Crippen LogP contribution is -2.03. The minimum absolute atomic E-state index is 0.342. The molecule has 4 nitrogen and oxygen atoms in total. The van der Waals surface area contributed by atoms with Crippen LogP contribution in [0.5, 0.6) is 0 Å². The molecule has 0 bridgehead atoms. The Balaban J connectivity index is 2.17. The summed E-state index contributed by atoms with van der Waals surface area (Å²) in [6.07, 6.45) is 1.64. The molecular formula is C10H10Cl2N4. The van der Waals surface area contributed by atoms with Crippen LogP contribution < -0.4 is 5.73 Å². The van der Waals surface area contributed by atoms with E-state index in [1.54, 1.807) is 17.1 Å². The Labute approximate surface area is 103 Å². The van der Waals surface area contributed by atoms with E-state index in [2.05, 4.69) is 10.1 Å². The van der Waals surface area contributed by atoms with Crippen molar-refractivity contribution in [2.45, 2.75) is 13.1 Å². The second kappa shape index (κ2) is 4.82. The zero-order valence-corrected chi connectivity index (χ0v) is 9.91. The first-order valence-electron chi connectivity index (χ1n) is 4.71. The Kier molecular flexibility index (Phi) is 3.43. The zero-order chi connectivity index (χ0) is 11.5. The number of aromatic nitrogens is 3. The SMILES string of the molecule is NCc1ncn(Cc2ccc(Cl)c(Cl)c2)n1. The average Bonchev–Trinajstić information content (AvgIpc) is 2.71. The molecular weight excluding hydrogens is 247 g/mol. The van der Waals surface area contributed by atoms with Gasteiger partial charge in [-0.2, -0.15) is 5.10 Å². The molecule has 1 aromatic carbocycles. The Hall–Kier alpha value is -1.10. The van der Waals surface area contributed by atoms with Crippen molar-refractivity contribution in [3.63, 3.8) is 0 Å². The molecule has 16 heavy (non-hydrogen) atoms. The molecule has 2 rings (SSSR count). The molecule has 0 aliphatic carbocycles. The molecule has 2 aromatic rings. The first-order valence-corrected chi connectivity index (χ1v) is 5.47. The first kappa shape index (κ1) is 11.4. The van der Waals surface area contributed by atoms with Gasteiger partial charge in [0.25, 0.3) is 0 Å². The smallest absolute Gasteiger partial charge is 0.164 e. The van der Waals surface area contributed by atoms with Gasteiger partial charge in [0.2, 0.25) is 0 Å². The summed E-state index contributed by atoms with van der Waals surface area (Å²) in [5.41, 5.74) is 6.44. The fraction of sp³-hybridized carbons (Fsp3) is 0.200. The van der Waals surface area contributed by atoms with Crippen LogP contribution in [0.1, 0.15) is 11.4 Å². The number of nitrogens with two attached hydrogens (primary N) is 1. The van der Waals surface area contributed by atoms with Crippen molar-refractivity contribution in [3.8, 4) is 0 Å². The number of nitrogens with zero attached hydrogens (tertiary/aromatic N) is 3. The van der Waals surface area contributed by atoms with Gasteiger partial charge in [-0.3, -0.25) is 0 Å². The third kappa shape index (κ3) is 2.52. The predicted molar refractivity (Wildman–Crippen MR) is 63.5 cm³/mol. The van der Waals surface area contributed by atoms with Crippen molar-refractivity contribution in [1.82, 2.24) is 14.8 Å². The van der Waals surface area contributed by atoms with Gasteiger partial charge in [-0.1, -0.05) is 29.3 Å². The highest BCUT2D eigenvalue weighted by molar-refractivity contribution is 6.42. The molecule has 1 heterocycles. The lowest BCUT2D eigenvalue weighted by Gasteiger charge is -2.02. The van der Waals surface area contributed by atoms with E-state index in [1.807, 2.05) is 12.1 Å². The van der Waals surface area contributed by atoms with Gasteiger partial charge < -0.3 is 5.73 Å². The van der Waals surface area contributed by atoms with Gasteiger partial charge in [0.15, 0.2) is 5.82 Å². The third-order valence-corrected chi connectivity index (χ3v) is 2.83. The zero-order valence-electron chi connectivity index (χ0n) is 8.40. The van der Waals surface area contributed by atoms with Gasteiger partial charge in [0.1, 0.15) is 6.33 Å². The van der Waals surface area contributed by atoms with Gasteiger partial charge in [0, 0.05) is 0 Å². The topological polar surface area (TPSA) is 56.7 Å². The third-order valence-electron chi connectivity index (χ3n) is 2.10. The lowest BCUT2D eigenvalue weighted by atomic mass is 10.2. The maximum atomic E-state index is 5.92. The number of rotatable bonds is 3. The standard InChI is InChI=1S/C10H10Cl2N4/c11-8-2-1-7(3-9(8)12)5-16-6-14-10(4-13)15-16/h1-3,6H,4-5,13H2. The minimum Gasteiger partial charge on any atom is -0.324 e. The highest BCUT2D eigenvalue weighted by Crippen LogP contribution is 2.22. The summed E-state index contributed by atoms with van der Waals surface area (Å²) in [5.74, 6) is 0.625. The van der Waals surface area contributed by atoms with Crippen LogP contribution in [0.4, 0.5) is 0 Å². The van der Waals surface area contributed by atoms with Crippen molar-refractivity contribution < 1.29 is 0 Å². The second-order valence-electron chi connectivity index (χ2n) is 3.31. The molecule has 0 aliphatic rings. The van der Waals surface area contributed by atoms with E-state index < -0.39 is 0 Å². The van der Waals surface area contributed by atoms with E-state index in [4.69, 9.17) is 28.9 Å². The lowest BCUT2D eigenvalue weighted by molar-refractivity contribution is 0.672. The Bertz CT molecular complexity index is 495. The normalized spacial score (nSPS) is 10.7. The molecule has 0 radical (unpaired) electrons. The van der Waals surface area contributed by atoms with Crippen molar-refractivity contribution >= 4 is 23.2 Å². The van der Waals surface area contributed by atoms with Gasteiger partial charge in [0.05, 0.1) is 23.1 Å². The van der Waals surface area contributed by atoms with Crippen molar-refractivity contribution in [1.29, 1.82) is 0 Å². The van der Waals surface area contributed by atoms with Crippen molar-refractivity contribution in [2.24, 2.45) is 5.73 Å². The predicted octanol–water partition coefficient (Wildman–Crippen LogP) is 2.09. The summed E-state index contributed by atoms with van der Waals surface area (Å²) in [5, 5.41) is 5.27. The molecule has 0 saturated heterocycles.